The molecule has 1 heterocycles. The highest BCUT2D eigenvalue weighted by molar-refractivity contribution is 5.53. The van der Waals surface area contributed by atoms with Crippen LogP contribution in [0.25, 0.3) is 11.5 Å². The molecule has 0 radical (unpaired) electrons. The van der Waals surface area contributed by atoms with Crippen LogP contribution >= 0.6 is 0 Å². The van der Waals surface area contributed by atoms with Gasteiger partial charge in [0.05, 0.1) is 12.3 Å². The zero-order valence-electron chi connectivity index (χ0n) is 16.4. The van der Waals surface area contributed by atoms with Gasteiger partial charge < -0.3 is 14.1 Å². The van der Waals surface area contributed by atoms with E-state index in [1.165, 1.54) is 5.56 Å². The first-order valence-corrected chi connectivity index (χ1v) is 9.57. The molecule has 0 atom stereocenters. The van der Waals surface area contributed by atoms with Crippen molar-refractivity contribution in [2.45, 2.75) is 26.7 Å². The minimum atomic E-state index is 0.583. The normalized spacial score (nSPS) is 11.1. The fourth-order valence-corrected chi connectivity index (χ4v) is 2.86. The molecule has 0 amide bonds. The zero-order valence-corrected chi connectivity index (χ0v) is 16.4. The molecule has 0 aliphatic carbocycles. The highest BCUT2D eigenvalue weighted by Crippen LogP contribution is 2.22. The third kappa shape index (κ3) is 5.44. The van der Waals surface area contributed by atoms with Gasteiger partial charge in [-0.1, -0.05) is 37.3 Å². The van der Waals surface area contributed by atoms with Gasteiger partial charge in [-0.25, -0.2) is 4.98 Å². The van der Waals surface area contributed by atoms with Crippen LogP contribution in [0.3, 0.4) is 0 Å². The average Bonchev–Trinajstić information content (AvgIpc) is 3.08. The van der Waals surface area contributed by atoms with Crippen LogP contribution in [0.4, 0.5) is 0 Å². The second kappa shape index (κ2) is 9.38. The number of hydrogen-bond acceptors (Lipinski definition) is 4. The second-order valence-electron chi connectivity index (χ2n) is 6.78. The fraction of sp³-hybridized carbons (Fsp3) is 0.348. The first kappa shape index (κ1) is 19.2. The molecule has 0 aliphatic heterocycles. The Labute approximate surface area is 161 Å². The molecule has 0 aliphatic rings. The van der Waals surface area contributed by atoms with Gasteiger partial charge in [-0.2, -0.15) is 0 Å². The maximum atomic E-state index is 5.89. The Bertz CT molecular complexity index is 825. The van der Waals surface area contributed by atoms with Crippen LogP contribution < -0.4 is 4.74 Å². The summed E-state index contributed by atoms with van der Waals surface area (Å²) in [5, 5.41) is 0. The van der Waals surface area contributed by atoms with Gasteiger partial charge in [0, 0.05) is 18.5 Å². The highest BCUT2D eigenvalue weighted by atomic mass is 16.5. The van der Waals surface area contributed by atoms with E-state index in [-0.39, 0.29) is 0 Å². The minimum Gasteiger partial charge on any atom is -0.493 e. The van der Waals surface area contributed by atoms with E-state index in [0.717, 1.165) is 48.7 Å². The Morgan fingerprint density at radius 1 is 1.00 bits per heavy atom. The Kier molecular flexibility index (Phi) is 6.66. The molecular weight excluding hydrogens is 336 g/mol. The third-order valence-electron chi connectivity index (χ3n) is 4.77. The summed E-state index contributed by atoms with van der Waals surface area (Å²) in [6, 6.07) is 18.4. The largest absolute Gasteiger partial charge is 0.493 e. The van der Waals surface area contributed by atoms with Crippen molar-refractivity contribution in [3.05, 3.63) is 71.6 Å². The standard InChI is InChI=1S/C23H28N2O2/c1-4-25(3)16-14-19-10-12-21(13-11-19)26-17-15-22-18(2)27-23(24-22)20-8-6-5-7-9-20/h5-13H,4,14-17H2,1-3H3. The van der Waals surface area contributed by atoms with Gasteiger partial charge in [0.25, 0.3) is 0 Å². The Hall–Kier alpha value is -2.59. The summed E-state index contributed by atoms with van der Waals surface area (Å²) in [5.74, 6) is 2.42. The van der Waals surface area contributed by atoms with Crippen molar-refractivity contribution in [3.63, 3.8) is 0 Å². The van der Waals surface area contributed by atoms with E-state index in [1.54, 1.807) is 0 Å². The van der Waals surface area contributed by atoms with Crippen LogP contribution in [-0.2, 0) is 12.8 Å². The molecule has 0 saturated heterocycles. The van der Waals surface area contributed by atoms with E-state index in [9.17, 15) is 0 Å². The lowest BCUT2D eigenvalue weighted by molar-refractivity contribution is 0.319. The van der Waals surface area contributed by atoms with E-state index < -0.39 is 0 Å². The predicted molar refractivity (Wildman–Crippen MR) is 109 cm³/mol. The smallest absolute Gasteiger partial charge is 0.226 e. The third-order valence-corrected chi connectivity index (χ3v) is 4.77. The van der Waals surface area contributed by atoms with Gasteiger partial charge in [0.2, 0.25) is 5.89 Å². The van der Waals surface area contributed by atoms with E-state index in [2.05, 4.69) is 36.0 Å². The number of oxazole rings is 1. The van der Waals surface area contributed by atoms with E-state index in [0.29, 0.717) is 12.5 Å². The number of nitrogens with zero attached hydrogens (tertiary/aromatic N) is 2. The molecule has 142 valence electrons. The molecule has 0 unspecified atom stereocenters. The fourth-order valence-electron chi connectivity index (χ4n) is 2.86. The number of benzene rings is 2. The monoisotopic (exact) mass is 364 g/mol. The van der Waals surface area contributed by atoms with Crippen molar-refractivity contribution in [3.8, 4) is 17.2 Å². The SMILES string of the molecule is CCN(C)CCc1ccc(OCCc2nc(-c3ccccc3)oc2C)cc1. The van der Waals surface area contributed by atoms with Gasteiger partial charge >= 0.3 is 0 Å². The summed E-state index contributed by atoms with van der Waals surface area (Å²) in [7, 11) is 2.15. The second-order valence-corrected chi connectivity index (χ2v) is 6.78. The van der Waals surface area contributed by atoms with Gasteiger partial charge in [-0.15, -0.1) is 0 Å². The zero-order chi connectivity index (χ0) is 19.1. The van der Waals surface area contributed by atoms with Crippen molar-refractivity contribution in [2.75, 3.05) is 26.7 Å². The molecule has 4 heteroatoms. The van der Waals surface area contributed by atoms with Crippen LogP contribution in [0.5, 0.6) is 5.75 Å². The first-order valence-electron chi connectivity index (χ1n) is 9.57. The van der Waals surface area contributed by atoms with Crippen LogP contribution in [0.1, 0.15) is 23.9 Å². The number of rotatable bonds is 9. The lowest BCUT2D eigenvalue weighted by Crippen LogP contribution is -2.20. The molecule has 3 rings (SSSR count). The maximum absolute atomic E-state index is 5.89. The molecule has 0 N–H and O–H groups in total. The number of ether oxygens (including phenoxy) is 1. The summed E-state index contributed by atoms with van der Waals surface area (Å²) in [5.41, 5.74) is 3.28. The van der Waals surface area contributed by atoms with Crippen molar-refractivity contribution in [1.29, 1.82) is 0 Å². The molecule has 0 bridgehead atoms. The van der Waals surface area contributed by atoms with Gasteiger partial charge in [0.15, 0.2) is 0 Å². The quantitative estimate of drug-likeness (QED) is 0.548. The number of hydrogen-bond donors (Lipinski definition) is 0. The van der Waals surface area contributed by atoms with E-state index in [1.807, 2.05) is 49.4 Å². The van der Waals surface area contributed by atoms with Crippen molar-refractivity contribution >= 4 is 0 Å². The lowest BCUT2D eigenvalue weighted by atomic mass is 10.1. The summed E-state index contributed by atoms with van der Waals surface area (Å²) >= 11 is 0. The topological polar surface area (TPSA) is 38.5 Å². The average molecular weight is 364 g/mol. The van der Waals surface area contributed by atoms with E-state index in [4.69, 9.17) is 9.15 Å². The summed E-state index contributed by atoms with van der Waals surface area (Å²) in [6.07, 6.45) is 1.79. The predicted octanol–water partition coefficient (Wildman–Crippen LogP) is 4.77. The van der Waals surface area contributed by atoms with E-state index >= 15 is 0 Å². The number of likely N-dealkylation sites (N-methyl/N-ethyl adjacent to an activating group) is 1. The molecule has 27 heavy (non-hydrogen) atoms. The van der Waals surface area contributed by atoms with Crippen LogP contribution in [0.15, 0.2) is 59.0 Å². The molecule has 0 saturated carbocycles. The molecule has 2 aromatic carbocycles. The summed E-state index contributed by atoms with van der Waals surface area (Å²) in [4.78, 5) is 6.94. The lowest BCUT2D eigenvalue weighted by Gasteiger charge is -2.13. The van der Waals surface area contributed by atoms with Gasteiger partial charge in [-0.05, 0) is 56.8 Å². The van der Waals surface area contributed by atoms with Crippen molar-refractivity contribution in [2.24, 2.45) is 0 Å². The molecular formula is C23H28N2O2. The number of aryl methyl sites for hydroxylation is 1. The maximum Gasteiger partial charge on any atom is 0.226 e. The molecule has 0 fully saturated rings. The Morgan fingerprint density at radius 2 is 1.74 bits per heavy atom. The molecule has 1 aromatic heterocycles. The molecule has 4 nitrogen and oxygen atoms in total. The molecule has 3 aromatic rings. The van der Waals surface area contributed by atoms with Crippen molar-refractivity contribution in [1.82, 2.24) is 9.88 Å². The summed E-state index contributed by atoms with van der Waals surface area (Å²) in [6.45, 7) is 6.87. The summed E-state index contributed by atoms with van der Waals surface area (Å²) < 4.78 is 11.7. The van der Waals surface area contributed by atoms with Crippen LogP contribution in [-0.4, -0.2) is 36.6 Å². The van der Waals surface area contributed by atoms with Crippen molar-refractivity contribution < 1.29 is 9.15 Å². The Balaban J connectivity index is 1.50. The number of aromatic nitrogens is 1. The minimum absolute atomic E-state index is 0.583. The highest BCUT2D eigenvalue weighted by Gasteiger charge is 2.11. The van der Waals surface area contributed by atoms with Crippen LogP contribution in [0, 0.1) is 6.92 Å². The van der Waals surface area contributed by atoms with Gasteiger partial charge in [0.1, 0.15) is 11.5 Å². The van der Waals surface area contributed by atoms with Gasteiger partial charge in [-0.3, -0.25) is 0 Å². The Morgan fingerprint density at radius 3 is 2.44 bits per heavy atom. The first-order chi connectivity index (χ1) is 13.2. The molecule has 0 spiro atoms. The van der Waals surface area contributed by atoms with Crippen LogP contribution in [0.2, 0.25) is 0 Å².